The highest BCUT2D eigenvalue weighted by Crippen LogP contribution is 2.20. The summed E-state index contributed by atoms with van der Waals surface area (Å²) in [6.45, 7) is 7.83. The third kappa shape index (κ3) is 4.10. The zero-order chi connectivity index (χ0) is 13.9. The maximum absolute atomic E-state index is 12.0. The molecule has 4 heteroatoms. The Labute approximate surface area is 117 Å². The number of nitrogens with two attached hydrogens (primary N) is 1. The van der Waals surface area contributed by atoms with Crippen molar-refractivity contribution in [2.45, 2.75) is 39.8 Å². The van der Waals surface area contributed by atoms with E-state index in [1.165, 1.54) is 0 Å². The highest BCUT2D eigenvalue weighted by Gasteiger charge is 2.28. The average Bonchev–Trinajstić information content (AvgIpc) is 2.27. The summed E-state index contributed by atoms with van der Waals surface area (Å²) in [6, 6.07) is 7.34. The van der Waals surface area contributed by atoms with Gasteiger partial charge in [0.15, 0.2) is 0 Å². The Balaban J connectivity index is 2.68. The van der Waals surface area contributed by atoms with Crippen LogP contribution >= 0.6 is 15.9 Å². The first kappa shape index (κ1) is 15.2. The zero-order valence-electron chi connectivity index (χ0n) is 11.3. The fourth-order valence-electron chi connectivity index (χ4n) is 1.53. The molecule has 18 heavy (non-hydrogen) atoms. The molecule has 0 bridgehead atoms. The number of nitrogens with one attached hydrogen (secondary N) is 1. The van der Waals surface area contributed by atoms with Crippen molar-refractivity contribution in [1.29, 1.82) is 0 Å². The molecular weight excluding hydrogens is 292 g/mol. The number of hydrogen-bond donors (Lipinski definition) is 2. The van der Waals surface area contributed by atoms with E-state index in [1.807, 2.05) is 52.0 Å². The highest BCUT2D eigenvalue weighted by atomic mass is 79.9. The molecule has 0 saturated carbocycles. The zero-order valence-corrected chi connectivity index (χ0v) is 12.9. The van der Waals surface area contributed by atoms with E-state index in [0.717, 1.165) is 10.0 Å². The van der Waals surface area contributed by atoms with E-state index in [-0.39, 0.29) is 17.4 Å². The van der Waals surface area contributed by atoms with Crippen molar-refractivity contribution in [3.05, 3.63) is 34.3 Å². The summed E-state index contributed by atoms with van der Waals surface area (Å²) in [6.07, 6.45) is 0. The average molecular weight is 313 g/mol. The molecule has 2 atom stereocenters. The van der Waals surface area contributed by atoms with Crippen molar-refractivity contribution in [3.8, 4) is 0 Å². The van der Waals surface area contributed by atoms with Crippen LogP contribution in [0.4, 0.5) is 0 Å². The minimum absolute atomic E-state index is 0.0426. The lowest BCUT2D eigenvalue weighted by Gasteiger charge is -2.27. The smallest absolute Gasteiger partial charge is 0.237 e. The number of halogens is 1. The van der Waals surface area contributed by atoms with E-state index < -0.39 is 6.04 Å². The third-order valence-electron chi connectivity index (χ3n) is 2.94. The van der Waals surface area contributed by atoms with Gasteiger partial charge >= 0.3 is 0 Å². The van der Waals surface area contributed by atoms with Gasteiger partial charge in [0.1, 0.15) is 0 Å². The van der Waals surface area contributed by atoms with E-state index in [2.05, 4.69) is 21.2 Å². The topological polar surface area (TPSA) is 55.1 Å². The van der Waals surface area contributed by atoms with Crippen LogP contribution < -0.4 is 11.1 Å². The summed E-state index contributed by atoms with van der Waals surface area (Å²) in [5.74, 6) is -0.113. The van der Waals surface area contributed by atoms with E-state index in [4.69, 9.17) is 5.73 Å². The fraction of sp³-hybridized carbons (Fsp3) is 0.500. The monoisotopic (exact) mass is 312 g/mol. The Bertz CT molecular complexity index is 409. The third-order valence-corrected chi connectivity index (χ3v) is 3.47. The molecular formula is C14H21BrN2O. The van der Waals surface area contributed by atoms with Gasteiger partial charge in [-0.1, -0.05) is 48.8 Å². The first-order valence-corrected chi connectivity index (χ1v) is 6.82. The Kier molecular flexibility index (Phi) is 4.93. The van der Waals surface area contributed by atoms with Gasteiger partial charge in [-0.3, -0.25) is 4.79 Å². The predicted octanol–water partition coefficient (Wildman–Crippen LogP) is 3.00. The van der Waals surface area contributed by atoms with Crippen molar-refractivity contribution in [2.75, 3.05) is 0 Å². The predicted molar refractivity (Wildman–Crippen MR) is 78.1 cm³/mol. The van der Waals surface area contributed by atoms with Crippen LogP contribution in [0.1, 0.15) is 39.3 Å². The van der Waals surface area contributed by atoms with E-state index >= 15 is 0 Å². The summed E-state index contributed by atoms with van der Waals surface area (Å²) in [5, 5.41) is 2.94. The molecule has 1 amide bonds. The quantitative estimate of drug-likeness (QED) is 0.901. The summed E-state index contributed by atoms with van der Waals surface area (Å²) < 4.78 is 1.02. The molecule has 0 aliphatic rings. The molecule has 1 aromatic carbocycles. The van der Waals surface area contributed by atoms with Gasteiger partial charge in [0.25, 0.3) is 0 Å². The van der Waals surface area contributed by atoms with Crippen LogP contribution in [0.25, 0.3) is 0 Å². The number of rotatable bonds is 3. The second-order valence-electron chi connectivity index (χ2n) is 5.63. The van der Waals surface area contributed by atoms with Gasteiger partial charge in [-0.2, -0.15) is 0 Å². The number of benzene rings is 1. The van der Waals surface area contributed by atoms with Gasteiger partial charge in [0.05, 0.1) is 12.1 Å². The van der Waals surface area contributed by atoms with E-state index in [0.29, 0.717) is 0 Å². The lowest BCUT2D eigenvalue weighted by atomic mass is 9.86. The number of carbonyl (C=O) groups excluding carboxylic acids is 1. The lowest BCUT2D eigenvalue weighted by Crippen LogP contribution is -2.49. The highest BCUT2D eigenvalue weighted by molar-refractivity contribution is 9.10. The van der Waals surface area contributed by atoms with Crippen molar-refractivity contribution in [2.24, 2.45) is 11.1 Å². The second kappa shape index (κ2) is 5.85. The van der Waals surface area contributed by atoms with Crippen LogP contribution in [-0.2, 0) is 4.79 Å². The number of amides is 1. The minimum Gasteiger partial charge on any atom is -0.348 e. The lowest BCUT2D eigenvalue weighted by molar-refractivity contribution is -0.125. The second-order valence-corrected chi connectivity index (χ2v) is 6.54. The summed E-state index contributed by atoms with van der Waals surface area (Å²) in [4.78, 5) is 12.0. The first-order valence-electron chi connectivity index (χ1n) is 6.03. The van der Waals surface area contributed by atoms with E-state index in [9.17, 15) is 4.79 Å². The van der Waals surface area contributed by atoms with Crippen LogP contribution in [0.15, 0.2) is 28.7 Å². The largest absolute Gasteiger partial charge is 0.348 e. The van der Waals surface area contributed by atoms with Crippen molar-refractivity contribution in [3.63, 3.8) is 0 Å². The summed E-state index contributed by atoms with van der Waals surface area (Å²) >= 11 is 3.39. The molecule has 1 unspecified atom stereocenters. The first-order chi connectivity index (χ1) is 8.21. The molecule has 0 heterocycles. The van der Waals surface area contributed by atoms with Gasteiger partial charge in [0, 0.05) is 4.47 Å². The van der Waals surface area contributed by atoms with Crippen LogP contribution in [0.3, 0.4) is 0 Å². The van der Waals surface area contributed by atoms with Crippen LogP contribution in [0, 0.1) is 5.41 Å². The molecule has 0 aliphatic heterocycles. The molecule has 100 valence electrons. The van der Waals surface area contributed by atoms with Gasteiger partial charge in [0.2, 0.25) is 5.91 Å². The molecule has 0 aromatic heterocycles. The van der Waals surface area contributed by atoms with Crippen LogP contribution in [-0.4, -0.2) is 11.9 Å². The maximum atomic E-state index is 12.0. The SMILES string of the molecule is CC(NC(=O)[C@@H](N)C(C)(C)C)c1ccc(Br)cc1. The molecule has 0 fully saturated rings. The Morgan fingerprint density at radius 2 is 1.78 bits per heavy atom. The number of carbonyl (C=O) groups is 1. The summed E-state index contributed by atoms with van der Waals surface area (Å²) in [7, 11) is 0. The minimum atomic E-state index is -0.504. The Hall–Kier alpha value is -0.870. The van der Waals surface area contributed by atoms with Gasteiger partial charge < -0.3 is 11.1 Å². The molecule has 0 radical (unpaired) electrons. The number of hydrogen-bond acceptors (Lipinski definition) is 2. The molecule has 3 N–H and O–H groups in total. The van der Waals surface area contributed by atoms with Gasteiger partial charge in [-0.15, -0.1) is 0 Å². The molecule has 1 aromatic rings. The van der Waals surface area contributed by atoms with Gasteiger partial charge in [-0.05, 0) is 30.0 Å². The molecule has 0 aliphatic carbocycles. The van der Waals surface area contributed by atoms with Crippen LogP contribution in [0.5, 0.6) is 0 Å². The Morgan fingerprint density at radius 1 is 1.28 bits per heavy atom. The van der Waals surface area contributed by atoms with Gasteiger partial charge in [-0.25, -0.2) is 0 Å². The van der Waals surface area contributed by atoms with Crippen molar-refractivity contribution < 1.29 is 4.79 Å². The molecule has 1 rings (SSSR count). The maximum Gasteiger partial charge on any atom is 0.237 e. The molecule has 0 spiro atoms. The Morgan fingerprint density at radius 3 is 2.22 bits per heavy atom. The molecule has 0 saturated heterocycles. The molecule has 3 nitrogen and oxygen atoms in total. The van der Waals surface area contributed by atoms with Crippen LogP contribution in [0.2, 0.25) is 0 Å². The van der Waals surface area contributed by atoms with Crippen molar-refractivity contribution >= 4 is 21.8 Å². The summed E-state index contributed by atoms with van der Waals surface area (Å²) in [5.41, 5.74) is 6.76. The van der Waals surface area contributed by atoms with Crippen molar-refractivity contribution in [1.82, 2.24) is 5.32 Å². The fourth-order valence-corrected chi connectivity index (χ4v) is 1.80. The standard InChI is InChI=1S/C14H21BrN2O/c1-9(10-5-7-11(15)8-6-10)17-13(18)12(16)14(2,3)4/h5-9,12H,16H2,1-4H3,(H,17,18)/t9?,12-/m1/s1. The normalized spacial score (nSPS) is 15.0. The van der Waals surface area contributed by atoms with E-state index in [1.54, 1.807) is 0 Å².